The summed E-state index contributed by atoms with van der Waals surface area (Å²) in [5.74, 6) is 0. The van der Waals surface area contributed by atoms with Crippen LogP contribution in [0.15, 0.2) is 23.4 Å². The molecule has 5 nitrogen and oxygen atoms in total. The maximum atomic E-state index is 12.4. The van der Waals surface area contributed by atoms with E-state index in [1.54, 1.807) is 12.3 Å². The van der Waals surface area contributed by atoms with E-state index < -0.39 is 10.0 Å². The maximum Gasteiger partial charge on any atom is 0.260 e. The average Bonchev–Trinajstić information content (AvgIpc) is 3.21. The first-order valence-corrected chi connectivity index (χ1v) is 8.59. The molecule has 6 heteroatoms. The van der Waals surface area contributed by atoms with Gasteiger partial charge in [-0.05, 0) is 38.3 Å². The summed E-state index contributed by atoms with van der Waals surface area (Å²) in [6.45, 7) is 6.78. The number of sulfonamides is 1. The summed E-state index contributed by atoms with van der Waals surface area (Å²) < 4.78 is 26.3. The van der Waals surface area contributed by atoms with Crippen molar-refractivity contribution in [2.75, 3.05) is 6.54 Å². The van der Waals surface area contributed by atoms with Gasteiger partial charge < -0.3 is 5.32 Å². The third kappa shape index (κ3) is 3.56. The molecular formula is C14H23N3O2S. The maximum absolute atomic E-state index is 12.4. The van der Waals surface area contributed by atoms with Crippen LogP contribution >= 0.6 is 0 Å². The van der Waals surface area contributed by atoms with Crippen LogP contribution in [0.1, 0.15) is 39.2 Å². The van der Waals surface area contributed by atoms with Gasteiger partial charge in [-0.15, -0.1) is 0 Å². The predicted molar refractivity (Wildman–Crippen MR) is 78.8 cm³/mol. The summed E-state index contributed by atoms with van der Waals surface area (Å²) in [5, 5.41) is 3.51. The summed E-state index contributed by atoms with van der Waals surface area (Å²) in [6, 6.07) is 4.01. The van der Waals surface area contributed by atoms with Crippen molar-refractivity contribution in [2.24, 2.45) is 0 Å². The average molecular weight is 297 g/mol. The van der Waals surface area contributed by atoms with Crippen molar-refractivity contribution >= 4 is 10.0 Å². The van der Waals surface area contributed by atoms with Crippen LogP contribution in [0, 0.1) is 0 Å². The number of hydrogen-bond acceptors (Lipinski definition) is 4. The van der Waals surface area contributed by atoms with Gasteiger partial charge in [0.1, 0.15) is 0 Å². The predicted octanol–water partition coefficient (Wildman–Crippen LogP) is 1.75. The lowest BCUT2D eigenvalue weighted by molar-refractivity contribution is 0.367. The van der Waals surface area contributed by atoms with Crippen molar-refractivity contribution in [3.63, 3.8) is 0 Å². The zero-order valence-electron chi connectivity index (χ0n) is 12.3. The van der Waals surface area contributed by atoms with Gasteiger partial charge in [-0.2, -0.15) is 4.31 Å². The van der Waals surface area contributed by atoms with Gasteiger partial charge in [0, 0.05) is 31.4 Å². The Balaban J connectivity index is 2.10. The Bertz CT molecular complexity index is 536. The number of aromatic nitrogens is 1. The minimum Gasteiger partial charge on any atom is -0.310 e. The molecule has 0 aliphatic heterocycles. The smallest absolute Gasteiger partial charge is 0.260 e. The fraction of sp³-hybridized carbons (Fsp3) is 0.643. The van der Waals surface area contributed by atoms with Gasteiger partial charge in [0.15, 0.2) is 5.03 Å². The van der Waals surface area contributed by atoms with Crippen LogP contribution in [-0.4, -0.2) is 36.3 Å². The van der Waals surface area contributed by atoms with Gasteiger partial charge in [0.05, 0.1) is 0 Å². The van der Waals surface area contributed by atoms with Gasteiger partial charge in [-0.1, -0.05) is 13.0 Å². The molecule has 1 N–H and O–H groups in total. The number of rotatable bonds is 7. The molecule has 0 aromatic carbocycles. The highest BCUT2D eigenvalue weighted by Crippen LogP contribution is 2.20. The van der Waals surface area contributed by atoms with Crippen molar-refractivity contribution in [1.82, 2.24) is 14.6 Å². The molecule has 1 heterocycles. The van der Waals surface area contributed by atoms with Crippen molar-refractivity contribution in [2.45, 2.75) is 57.3 Å². The van der Waals surface area contributed by atoms with E-state index in [9.17, 15) is 8.42 Å². The molecule has 0 spiro atoms. The lowest BCUT2D eigenvalue weighted by atomic mass is 10.3. The molecule has 1 fully saturated rings. The van der Waals surface area contributed by atoms with E-state index in [0.717, 1.165) is 12.1 Å². The van der Waals surface area contributed by atoms with Crippen LogP contribution in [-0.2, 0) is 16.6 Å². The summed E-state index contributed by atoms with van der Waals surface area (Å²) in [5.41, 5.74) is 1.02. The second-order valence-electron chi connectivity index (χ2n) is 5.46. The first-order chi connectivity index (χ1) is 9.45. The topological polar surface area (TPSA) is 62.3 Å². The highest BCUT2D eigenvalue weighted by molar-refractivity contribution is 7.89. The zero-order valence-corrected chi connectivity index (χ0v) is 13.2. The Labute approximate surface area is 121 Å². The lowest BCUT2D eigenvalue weighted by Gasteiger charge is -2.23. The normalized spacial score (nSPS) is 16.1. The molecular weight excluding hydrogens is 274 g/mol. The SMILES string of the molecule is CCN(C(C)C)S(=O)(=O)c1ccc(CNC2CC2)cn1. The summed E-state index contributed by atoms with van der Waals surface area (Å²) in [6.07, 6.45) is 4.12. The Kier molecular flexibility index (Phi) is 4.78. The van der Waals surface area contributed by atoms with Crippen LogP contribution in [0.25, 0.3) is 0 Å². The van der Waals surface area contributed by atoms with Crippen molar-refractivity contribution in [1.29, 1.82) is 0 Å². The molecule has 1 aromatic rings. The Morgan fingerprint density at radius 1 is 1.40 bits per heavy atom. The van der Waals surface area contributed by atoms with Crippen LogP contribution < -0.4 is 5.32 Å². The molecule has 0 radical (unpaired) electrons. The number of nitrogens with one attached hydrogen (secondary N) is 1. The molecule has 0 saturated heterocycles. The molecule has 1 aliphatic rings. The Hall–Kier alpha value is -0.980. The molecule has 0 unspecified atom stereocenters. The lowest BCUT2D eigenvalue weighted by Crippen LogP contribution is -2.37. The quantitative estimate of drug-likeness (QED) is 0.833. The molecule has 1 aliphatic carbocycles. The van der Waals surface area contributed by atoms with Crippen molar-refractivity contribution < 1.29 is 8.42 Å². The summed E-state index contributed by atoms with van der Waals surface area (Å²) in [7, 11) is -3.48. The van der Waals surface area contributed by atoms with Crippen molar-refractivity contribution in [3.8, 4) is 0 Å². The first kappa shape index (κ1) is 15.4. The second kappa shape index (κ2) is 6.20. The standard InChI is InChI=1S/C14H23N3O2S/c1-4-17(11(2)3)20(18,19)14-8-5-12(10-16-14)9-15-13-6-7-13/h5,8,10-11,13,15H,4,6-7,9H2,1-3H3. The van der Waals surface area contributed by atoms with Crippen LogP contribution in [0.3, 0.4) is 0 Å². The van der Waals surface area contributed by atoms with Gasteiger partial charge in [0.2, 0.25) is 0 Å². The van der Waals surface area contributed by atoms with E-state index >= 15 is 0 Å². The second-order valence-corrected chi connectivity index (χ2v) is 7.30. The fourth-order valence-electron chi connectivity index (χ4n) is 2.15. The van der Waals surface area contributed by atoms with Crippen LogP contribution in [0.4, 0.5) is 0 Å². The summed E-state index contributed by atoms with van der Waals surface area (Å²) >= 11 is 0. The van der Waals surface area contributed by atoms with Gasteiger partial charge in [-0.25, -0.2) is 13.4 Å². The Morgan fingerprint density at radius 3 is 2.55 bits per heavy atom. The van der Waals surface area contributed by atoms with E-state index in [1.165, 1.54) is 17.1 Å². The Morgan fingerprint density at radius 2 is 2.10 bits per heavy atom. The molecule has 0 bridgehead atoms. The number of hydrogen-bond donors (Lipinski definition) is 1. The molecule has 0 atom stereocenters. The molecule has 0 amide bonds. The minimum absolute atomic E-state index is 0.0667. The van der Waals surface area contributed by atoms with Crippen molar-refractivity contribution in [3.05, 3.63) is 23.9 Å². The monoisotopic (exact) mass is 297 g/mol. The zero-order chi connectivity index (χ0) is 14.8. The third-order valence-corrected chi connectivity index (χ3v) is 5.50. The van der Waals surface area contributed by atoms with Crippen LogP contribution in [0.2, 0.25) is 0 Å². The largest absolute Gasteiger partial charge is 0.310 e. The number of nitrogens with zero attached hydrogens (tertiary/aromatic N) is 2. The van der Waals surface area contributed by atoms with E-state index in [4.69, 9.17) is 0 Å². The first-order valence-electron chi connectivity index (χ1n) is 7.15. The fourth-order valence-corrected chi connectivity index (χ4v) is 3.71. The summed E-state index contributed by atoms with van der Waals surface area (Å²) in [4.78, 5) is 4.13. The van der Waals surface area contributed by atoms with Gasteiger partial charge in [-0.3, -0.25) is 0 Å². The molecule has 1 aromatic heterocycles. The molecule has 112 valence electrons. The van der Waals surface area contributed by atoms with Crippen LogP contribution in [0.5, 0.6) is 0 Å². The third-order valence-electron chi connectivity index (χ3n) is 3.43. The molecule has 1 saturated carbocycles. The highest BCUT2D eigenvalue weighted by atomic mass is 32.2. The highest BCUT2D eigenvalue weighted by Gasteiger charge is 2.26. The van der Waals surface area contributed by atoms with E-state index in [2.05, 4.69) is 10.3 Å². The number of pyridine rings is 1. The minimum atomic E-state index is -3.48. The van der Waals surface area contributed by atoms with E-state index in [1.807, 2.05) is 26.8 Å². The van der Waals surface area contributed by atoms with Gasteiger partial charge in [0.25, 0.3) is 10.0 Å². The molecule has 20 heavy (non-hydrogen) atoms. The molecule has 2 rings (SSSR count). The van der Waals surface area contributed by atoms with Gasteiger partial charge >= 0.3 is 0 Å². The van der Waals surface area contributed by atoms with E-state index in [0.29, 0.717) is 12.6 Å². The van der Waals surface area contributed by atoms with E-state index in [-0.39, 0.29) is 11.1 Å².